The maximum atomic E-state index is 6.22. The average Bonchev–Trinajstić information content (AvgIpc) is 3.32. The number of aromatic nitrogens is 5. The third-order valence-electron chi connectivity index (χ3n) is 5.31. The lowest BCUT2D eigenvalue weighted by molar-refractivity contribution is 0.103. The molecule has 4 rings (SSSR count). The number of fused-ring (bicyclic) bond motifs is 1. The Bertz CT molecular complexity index is 1210. The summed E-state index contributed by atoms with van der Waals surface area (Å²) in [7, 11) is 0. The van der Waals surface area contributed by atoms with Gasteiger partial charge >= 0.3 is 6.01 Å². The molecule has 33 heavy (non-hydrogen) atoms. The number of hydrogen-bond acceptors (Lipinski definition) is 7. The number of anilines is 1. The molecule has 1 unspecified atom stereocenters. The van der Waals surface area contributed by atoms with E-state index in [1.165, 1.54) is 0 Å². The topological polar surface area (TPSA) is 77.7 Å². The molecular weight excluding hydrogens is 416 g/mol. The molecule has 0 spiro atoms. The zero-order chi connectivity index (χ0) is 24.0. The normalized spacial score (nSPS) is 19.0. The Hall–Kier alpha value is -3.34. The summed E-state index contributed by atoms with van der Waals surface area (Å²) in [5, 5.41) is 4.78. The van der Waals surface area contributed by atoms with E-state index in [0.29, 0.717) is 17.1 Å². The largest absolute Gasteiger partial charge is 0.471 e. The van der Waals surface area contributed by atoms with Crippen LogP contribution in [0.4, 0.5) is 5.69 Å². The minimum Gasteiger partial charge on any atom is -0.471 e. The highest BCUT2D eigenvalue weighted by atomic mass is 16.5. The standard InChI is InChI=1S/C25H32N6O2/c1-9-25(8)10-12-30(16-25)19-14-18(29-31-13-11-26-20(19)31)17-15-27-22(33-24(5,6)7)28-21(17)32-23(2,3)4/h1,11,13-15H,10,12,16H2,2-8H3. The van der Waals surface area contributed by atoms with Crippen LogP contribution < -0.4 is 14.4 Å². The van der Waals surface area contributed by atoms with Gasteiger partial charge in [0.15, 0.2) is 5.65 Å². The van der Waals surface area contributed by atoms with Crippen LogP contribution in [0.3, 0.4) is 0 Å². The molecule has 0 aliphatic carbocycles. The van der Waals surface area contributed by atoms with E-state index in [1.807, 2.05) is 53.8 Å². The molecule has 0 radical (unpaired) electrons. The van der Waals surface area contributed by atoms with Crippen molar-refractivity contribution in [1.82, 2.24) is 24.6 Å². The van der Waals surface area contributed by atoms with Crippen molar-refractivity contribution in [2.45, 2.75) is 66.1 Å². The molecule has 1 saturated heterocycles. The molecule has 4 heterocycles. The number of imidazole rings is 1. The monoisotopic (exact) mass is 448 g/mol. The lowest BCUT2D eigenvalue weighted by atomic mass is 9.91. The van der Waals surface area contributed by atoms with Crippen LogP contribution in [0.1, 0.15) is 54.9 Å². The summed E-state index contributed by atoms with van der Waals surface area (Å²) < 4.78 is 13.9. The summed E-state index contributed by atoms with van der Waals surface area (Å²) in [5.74, 6) is 3.37. The summed E-state index contributed by atoms with van der Waals surface area (Å²) in [6.45, 7) is 15.5. The molecule has 0 aromatic carbocycles. The SMILES string of the molecule is C#CC1(C)CCN(c2cc(-c3cnc(OC(C)(C)C)nc3OC(C)(C)C)nn3ccnc23)C1. The first-order valence-electron chi connectivity index (χ1n) is 11.2. The molecule has 1 fully saturated rings. The molecular formula is C25H32N6O2. The summed E-state index contributed by atoms with van der Waals surface area (Å²) in [5.41, 5.74) is 2.07. The predicted octanol–water partition coefficient (Wildman–Crippen LogP) is 4.39. The fourth-order valence-electron chi connectivity index (χ4n) is 3.77. The second kappa shape index (κ2) is 7.91. The van der Waals surface area contributed by atoms with Crippen molar-refractivity contribution in [3.05, 3.63) is 24.7 Å². The summed E-state index contributed by atoms with van der Waals surface area (Å²) in [6, 6.07) is 2.28. The summed E-state index contributed by atoms with van der Waals surface area (Å²) in [4.78, 5) is 15.8. The van der Waals surface area contributed by atoms with Gasteiger partial charge in [-0.05, 0) is 61.0 Å². The Kier molecular flexibility index (Phi) is 5.47. The van der Waals surface area contributed by atoms with Crippen molar-refractivity contribution in [3.63, 3.8) is 0 Å². The second-order valence-corrected chi connectivity index (χ2v) is 10.8. The zero-order valence-corrected chi connectivity index (χ0v) is 20.5. The lowest BCUT2D eigenvalue weighted by Gasteiger charge is -2.25. The first-order valence-corrected chi connectivity index (χ1v) is 11.2. The van der Waals surface area contributed by atoms with Crippen LogP contribution in [0.15, 0.2) is 24.7 Å². The van der Waals surface area contributed by atoms with Crippen LogP contribution >= 0.6 is 0 Å². The van der Waals surface area contributed by atoms with Gasteiger partial charge < -0.3 is 14.4 Å². The molecule has 8 heteroatoms. The fraction of sp³-hybridized carbons (Fsp3) is 0.520. The van der Waals surface area contributed by atoms with Gasteiger partial charge in [0.05, 0.1) is 11.3 Å². The Morgan fingerprint density at radius 1 is 1.09 bits per heavy atom. The van der Waals surface area contributed by atoms with Crippen LogP contribution in [-0.4, -0.2) is 48.9 Å². The predicted molar refractivity (Wildman–Crippen MR) is 129 cm³/mol. The Balaban J connectivity index is 1.82. The number of terminal acetylenes is 1. The molecule has 0 bridgehead atoms. The summed E-state index contributed by atoms with van der Waals surface area (Å²) >= 11 is 0. The van der Waals surface area contributed by atoms with Crippen LogP contribution in [0.2, 0.25) is 0 Å². The molecule has 3 aromatic rings. The van der Waals surface area contributed by atoms with Crippen molar-refractivity contribution in [1.29, 1.82) is 0 Å². The molecule has 0 amide bonds. The number of rotatable bonds is 4. The maximum Gasteiger partial charge on any atom is 0.320 e. The van der Waals surface area contributed by atoms with Gasteiger partial charge in [-0.1, -0.05) is 5.92 Å². The van der Waals surface area contributed by atoms with Gasteiger partial charge in [0.2, 0.25) is 5.88 Å². The van der Waals surface area contributed by atoms with Gasteiger partial charge in [0.25, 0.3) is 0 Å². The van der Waals surface area contributed by atoms with E-state index in [1.54, 1.807) is 16.9 Å². The fourth-order valence-corrected chi connectivity index (χ4v) is 3.77. The molecule has 8 nitrogen and oxygen atoms in total. The van der Waals surface area contributed by atoms with Crippen LogP contribution in [0.5, 0.6) is 11.9 Å². The van der Waals surface area contributed by atoms with Crippen molar-refractivity contribution in [2.75, 3.05) is 18.0 Å². The molecule has 3 aromatic heterocycles. The lowest BCUT2D eigenvalue weighted by Crippen LogP contribution is -2.26. The first-order chi connectivity index (χ1) is 15.4. The van der Waals surface area contributed by atoms with E-state index in [4.69, 9.17) is 21.0 Å². The molecule has 1 aliphatic heterocycles. The number of hydrogen-bond donors (Lipinski definition) is 0. The summed E-state index contributed by atoms with van der Waals surface area (Å²) in [6.07, 6.45) is 12.0. The average molecular weight is 449 g/mol. The van der Waals surface area contributed by atoms with E-state index in [2.05, 4.69) is 32.7 Å². The van der Waals surface area contributed by atoms with Gasteiger partial charge in [0.1, 0.15) is 16.9 Å². The number of ether oxygens (including phenoxy) is 2. The Morgan fingerprint density at radius 2 is 1.82 bits per heavy atom. The van der Waals surface area contributed by atoms with E-state index in [9.17, 15) is 0 Å². The first kappa shape index (κ1) is 22.8. The highest BCUT2D eigenvalue weighted by Crippen LogP contribution is 2.37. The quantitative estimate of drug-likeness (QED) is 0.548. The van der Waals surface area contributed by atoms with Crippen LogP contribution in [0, 0.1) is 17.8 Å². The second-order valence-electron chi connectivity index (χ2n) is 10.8. The molecule has 0 saturated carbocycles. The number of nitrogens with zero attached hydrogens (tertiary/aromatic N) is 6. The van der Waals surface area contributed by atoms with Crippen LogP contribution in [0.25, 0.3) is 16.9 Å². The van der Waals surface area contributed by atoms with Crippen molar-refractivity contribution in [3.8, 4) is 35.5 Å². The van der Waals surface area contributed by atoms with E-state index in [-0.39, 0.29) is 11.4 Å². The van der Waals surface area contributed by atoms with Gasteiger partial charge in [-0.3, -0.25) is 0 Å². The van der Waals surface area contributed by atoms with E-state index < -0.39 is 11.2 Å². The smallest absolute Gasteiger partial charge is 0.320 e. The van der Waals surface area contributed by atoms with Gasteiger partial charge in [-0.25, -0.2) is 14.5 Å². The molecule has 1 atom stereocenters. The minimum absolute atomic E-state index is 0.164. The van der Waals surface area contributed by atoms with E-state index >= 15 is 0 Å². The van der Waals surface area contributed by atoms with Crippen molar-refractivity contribution < 1.29 is 9.47 Å². The third kappa shape index (κ3) is 5.03. The zero-order valence-electron chi connectivity index (χ0n) is 20.5. The minimum atomic E-state index is -0.465. The molecule has 174 valence electrons. The van der Waals surface area contributed by atoms with Crippen LogP contribution in [-0.2, 0) is 0 Å². The third-order valence-corrected chi connectivity index (χ3v) is 5.31. The van der Waals surface area contributed by atoms with Gasteiger partial charge in [-0.15, -0.1) is 6.42 Å². The van der Waals surface area contributed by atoms with Crippen molar-refractivity contribution in [2.24, 2.45) is 5.41 Å². The van der Waals surface area contributed by atoms with E-state index in [0.717, 1.165) is 30.8 Å². The van der Waals surface area contributed by atoms with Gasteiger partial charge in [0, 0.05) is 37.1 Å². The van der Waals surface area contributed by atoms with Crippen molar-refractivity contribution >= 4 is 11.3 Å². The highest BCUT2D eigenvalue weighted by molar-refractivity contribution is 5.76. The molecule has 0 N–H and O–H groups in total. The maximum absolute atomic E-state index is 6.22. The van der Waals surface area contributed by atoms with Gasteiger partial charge in [-0.2, -0.15) is 10.1 Å². The highest BCUT2D eigenvalue weighted by Gasteiger charge is 2.33. The molecule has 1 aliphatic rings. The Morgan fingerprint density at radius 3 is 2.45 bits per heavy atom. The Labute approximate surface area is 195 Å².